The van der Waals surface area contributed by atoms with E-state index >= 15 is 0 Å². The van der Waals surface area contributed by atoms with Crippen LogP contribution in [0.5, 0.6) is 0 Å². The van der Waals surface area contributed by atoms with Gasteiger partial charge in [-0.3, -0.25) is 0 Å². The Labute approximate surface area is 120 Å². The van der Waals surface area contributed by atoms with E-state index in [1.54, 1.807) is 0 Å². The lowest BCUT2D eigenvalue weighted by Gasteiger charge is -2.26. The average molecular weight is 272 g/mol. The molecule has 0 radical (unpaired) electrons. The van der Waals surface area contributed by atoms with Gasteiger partial charge in [-0.25, -0.2) is 4.79 Å². The highest BCUT2D eigenvalue weighted by Gasteiger charge is 2.33. The largest absolute Gasteiger partial charge is 0.509 e. The van der Waals surface area contributed by atoms with E-state index in [1.165, 1.54) is 20.0 Å². The summed E-state index contributed by atoms with van der Waals surface area (Å²) in [5, 5.41) is 0. The van der Waals surface area contributed by atoms with E-state index in [0.717, 1.165) is 31.2 Å². The molecular formula is C17H20O3. The summed E-state index contributed by atoms with van der Waals surface area (Å²) in [5.41, 5.74) is 0.240. The van der Waals surface area contributed by atoms with Gasteiger partial charge in [-0.05, 0) is 43.7 Å². The van der Waals surface area contributed by atoms with E-state index in [0.29, 0.717) is 0 Å². The molecule has 0 aliphatic heterocycles. The minimum absolute atomic E-state index is 0.644. The number of hydrogen-bond donors (Lipinski definition) is 0. The first-order chi connectivity index (χ1) is 9.74. The zero-order chi connectivity index (χ0) is 14.3. The van der Waals surface area contributed by atoms with Crippen molar-refractivity contribution in [3.8, 4) is 11.8 Å². The number of carbonyl (C=O) groups excluding carboxylic acids is 1. The van der Waals surface area contributed by atoms with Crippen LogP contribution >= 0.6 is 0 Å². The third-order valence-corrected chi connectivity index (χ3v) is 3.57. The zero-order valence-electron chi connectivity index (χ0n) is 11.9. The molecular weight excluding hydrogens is 252 g/mol. The van der Waals surface area contributed by atoms with Gasteiger partial charge in [0.25, 0.3) is 0 Å². The van der Waals surface area contributed by atoms with Crippen LogP contribution in [-0.4, -0.2) is 18.9 Å². The van der Waals surface area contributed by atoms with Crippen molar-refractivity contribution in [3.05, 3.63) is 35.9 Å². The molecule has 0 N–H and O–H groups in total. The van der Waals surface area contributed by atoms with Gasteiger partial charge >= 0.3 is 6.16 Å². The first kappa shape index (κ1) is 14.5. The third-order valence-electron chi connectivity index (χ3n) is 3.57. The molecule has 1 fully saturated rings. The Kier molecular flexibility index (Phi) is 5.06. The molecule has 3 heteroatoms. The molecule has 0 spiro atoms. The van der Waals surface area contributed by atoms with E-state index in [-0.39, 0.29) is 0 Å². The minimum Gasteiger partial charge on any atom is -0.438 e. The lowest BCUT2D eigenvalue weighted by molar-refractivity contribution is -0.00283. The van der Waals surface area contributed by atoms with Crippen LogP contribution < -0.4 is 0 Å². The second-order valence-corrected chi connectivity index (χ2v) is 5.08. The average Bonchev–Trinajstić information content (AvgIpc) is 2.72. The summed E-state index contributed by atoms with van der Waals surface area (Å²) in [6.45, 7) is 0. The number of rotatable bonds is 1. The Morgan fingerprint density at radius 1 is 1.10 bits per heavy atom. The molecule has 1 aromatic rings. The molecule has 0 unspecified atom stereocenters. The SMILES string of the molecule is COC(=O)OC1(C#Cc2ccccc2)CCCCCC1. The highest BCUT2D eigenvalue weighted by molar-refractivity contribution is 5.61. The van der Waals surface area contributed by atoms with Crippen LogP contribution in [0.1, 0.15) is 44.1 Å². The van der Waals surface area contributed by atoms with Crippen molar-refractivity contribution < 1.29 is 14.3 Å². The second-order valence-electron chi connectivity index (χ2n) is 5.08. The van der Waals surface area contributed by atoms with E-state index in [1.807, 2.05) is 30.3 Å². The number of hydrogen-bond acceptors (Lipinski definition) is 3. The van der Waals surface area contributed by atoms with Crippen molar-refractivity contribution in [1.82, 2.24) is 0 Å². The van der Waals surface area contributed by atoms with Crippen molar-refractivity contribution >= 4 is 6.16 Å². The Morgan fingerprint density at radius 3 is 2.35 bits per heavy atom. The molecule has 0 bridgehead atoms. The smallest absolute Gasteiger partial charge is 0.438 e. The van der Waals surface area contributed by atoms with Gasteiger partial charge in [-0.2, -0.15) is 0 Å². The Hall–Kier alpha value is -1.95. The molecule has 2 rings (SSSR count). The van der Waals surface area contributed by atoms with Gasteiger partial charge in [-0.1, -0.05) is 37.0 Å². The fraction of sp³-hybridized carbons (Fsp3) is 0.471. The van der Waals surface area contributed by atoms with Gasteiger partial charge in [0.2, 0.25) is 0 Å². The topological polar surface area (TPSA) is 35.5 Å². The first-order valence-corrected chi connectivity index (χ1v) is 7.09. The first-order valence-electron chi connectivity index (χ1n) is 7.09. The zero-order valence-corrected chi connectivity index (χ0v) is 11.9. The lowest BCUT2D eigenvalue weighted by atomic mass is 9.94. The summed E-state index contributed by atoms with van der Waals surface area (Å²) in [7, 11) is 1.33. The lowest BCUT2D eigenvalue weighted by Crippen LogP contribution is -2.33. The van der Waals surface area contributed by atoms with Gasteiger partial charge in [0.1, 0.15) is 0 Å². The summed E-state index contributed by atoms with van der Waals surface area (Å²) < 4.78 is 10.1. The van der Waals surface area contributed by atoms with E-state index in [4.69, 9.17) is 4.74 Å². The molecule has 1 aromatic carbocycles. The third kappa shape index (κ3) is 4.03. The van der Waals surface area contributed by atoms with Crippen LogP contribution in [0.4, 0.5) is 4.79 Å². The highest BCUT2D eigenvalue weighted by atomic mass is 16.7. The fourth-order valence-corrected chi connectivity index (χ4v) is 2.46. The van der Waals surface area contributed by atoms with Crippen molar-refractivity contribution in [2.75, 3.05) is 7.11 Å². The van der Waals surface area contributed by atoms with Crippen molar-refractivity contribution in [1.29, 1.82) is 0 Å². The van der Waals surface area contributed by atoms with E-state index in [2.05, 4.69) is 16.6 Å². The van der Waals surface area contributed by atoms with Gasteiger partial charge in [0, 0.05) is 5.56 Å². The molecule has 20 heavy (non-hydrogen) atoms. The number of carbonyl (C=O) groups is 1. The maximum absolute atomic E-state index is 11.5. The molecule has 0 saturated heterocycles. The van der Waals surface area contributed by atoms with Crippen molar-refractivity contribution in [2.45, 2.75) is 44.1 Å². The molecule has 1 aliphatic carbocycles. The van der Waals surface area contributed by atoms with E-state index in [9.17, 15) is 4.79 Å². The van der Waals surface area contributed by atoms with Crippen molar-refractivity contribution in [3.63, 3.8) is 0 Å². The van der Waals surface area contributed by atoms with Gasteiger partial charge < -0.3 is 9.47 Å². The van der Waals surface area contributed by atoms with Gasteiger partial charge in [-0.15, -0.1) is 0 Å². The Bertz CT molecular complexity index is 488. The molecule has 0 heterocycles. The quantitative estimate of drug-likeness (QED) is 0.441. The van der Waals surface area contributed by atoms with E-state index < -0.39 is 11.8 Å². The molecule has 0 aromatic heterocycles. The maximum Gasteiger partial charge on any atom is 0.509 e. The van der Waals surface area contributed by atoms with Crippen LogP contribution in [-0.2, 0) is 9.47 Å². The number of methoxy groups -OCH3 is 1. The summed E-state index contributed by atoms with van der Waals surface area (Å²) in [5.74, 6) is 6.31. The highest BCUT2D eigenvalue weighted by Crippen LogP contribution is 2.30. The van der Waals surface area contributed by atoms with Crippen LogP contribution in [0.3, 0.4) is 0 Å². The standard InChI is InChI=1S/C17H20O3/c1-19-16(18)20-17(12-7-2-3-8-13-17)14-11-15-9-5-4-6-10-15/h4-6,9-10H,2-3,7-8,12-13H2,1H3. The molecule has 106 valence electrons. The van der Waals surface area contributed by atoms with Crippen molar-refractivity contribution in [2.24, 2.45) is 0 Å². The summed E-state index contributed by atoms with van der Waals surface area (Å²) in [4.78, 5) is 11.5. The normalized spacial score (nSPS) is 17.2. The molecule has 1 aliphatic rings. The minimum atomic E-state index is -0.695. The Morgan fingerprint density at radius 2 is 1.75 bits per heavy atom. The molecule has 0 amide bonds. The molecule has 0 atom stereocenters. The van der Waals surface area contributed by atoms with Crippen LogP contribution in [0, 0.1) is 11.8 Å². The van der Waals surface area contributed by atoms with Crippen LogP contribution in [0.15, 0.2) is 30.3 Å². The fourth-order valence-electron chi connectivity index (χ4n) is 2.46. The molecule has 3 nitrogen and oxygen atoms in total. The predicted octanol–water partition coefficient (Wildman–Crippen LogP) is 3.91. The van der Waals surface area contributed by atoms with Crippen LogP contribution in [0.2, 0.25) is 0 Å². The van der Waals surface area contributed by atoms with Crippen LogP contribution in [0.25, 0.3) is 0 Å². The number of ether oxygens (including phenoxy) is 2. The van der Waals surface area contributed by atoms with Gasteiger partial charge in [0.05, 0.1) is 7.11 Å². The Balaban J connectivity index is 2.22. The second kappa shape index (κ2) is 7.00. The maximum atomic E-state index is 11.5. The summed E-state index contributed by atoms with van der Waals surface area (Å²) in [6.07, 6.45) is 5.30. The number of benzene rings is 1. The monoisotopic (exact) mass is 272 g/mol. The van der Waals surface area contributed by atoms with Gasteiger partial charge in [0.15, 0.2) is 5.60 Å². The molecule has 1 saturated carbocycles. The predicted molar refractivity (Wildman–Crippen MR) is 77.2 cm³/mol. The summed E-state index contributed by atoms with van der Waals surface area (Å²) >= 11 is 0. The summed E-state index contributed by atoms with van der Waals surface area (Å²) in [6, 6.07) is 9.76.